The predicted molar refractivity (Wildman–Crippen MR) is 75.4 cm³/mol. The van der Waals surface area contributed by atoms with Crippen LogP contribution in [0.2, 0.25) is 0 Å². The highest BCUT2D eigenvalue weighted by Crippen LogP contribution is 2.18. The van der Waals surface area contributed by atoms with Crippen LogP contribution in [-0.4, -0.2) is 29.8 Å². The Morgan fingerprint density at radius 1 is 1.35 bits per heavy atom. The molecule has 20 heavy (non-hydrogen) atoms. The Labute approximate surface area is 118 Å². The van der Waals surface area contributed by atoms with Gasteiger partial charge in [0.05, 0.1) is 6.07 Å². The van der Waals surface area contributed by atoms with Crippen molar-refractivity contribution < 1.29 is 9.59 Å². The maximum Gasteiger partial charge on any atom is 0.321 e. The minimum absolute atomic E-state index is 0.0315. The van der Waals surface area contributed by atoms with Crippen LogP contribution in [0.25, 0.3) is 0 Å². The number of nitriles is 1. The lowest BCUT2D eigenvalue weighted by atomic mass is 9.99. The fraction of sp³-hybridized carbons (Fsp3) is 0.400. The van der Waals surface area contributed by atoms with E-state index in [4.69, 9.17) is 5.26 Å². The molecule has 1 N–H and O–H groups in total. The zero-order valence-electron chi connectivity index (χ0n) is 11.4. The van der Waals surface area contributed by atoms with Crippen LogP contribution in [-0.2, 0) is 0 Å². The number of amides is 2. The van der Waals surface area contributed by atoms with E-state index in [1.165, 1.54) is 6.92 Å². The predicted octanol–water partition coefficient (Wildman–Crippen LogP) is 2.66. The fourth-order valence-corrected chi connectivity index (χ4v) is 2.23. The molecule has 0 unspecified atom stereocenters. The van der Waals surface area contributed by atoms with Gasteiger partial charge in [-0.2, -0.15) is 5.26 Å². The highest BCUT2D eigenvalue weighted by molar-refractivity contribution is 5.96. The molecular weight excluding hydrogens is 254 g/mol. The number of hydrogen-bond donors (Lipinski definition) is 1. The van der Waals surface area contributed by atoms with E-state index >= 15 is 0 Å². The molecule has 1 aromatic rings. The molecule has 1 fully saturated rings. The average molecular weight is 271 g/mol. The number of urea groups is 1. The lowest BCUT2D eigenvalue weighted by molar-refractivity contribution is 0.101. The first-order valence-corrected chi connectivity index (χ1v) is 6.66. The third-order valence-electron chi connectivity index (χ3n) is 3.49. The number of nitrogens with zero attached hydrogens (tertiary/aromatic N) is 2. The van der Waals surface area contributed by atoms with Crippen molar-refractivity contribution in [3.63, 3.8) is 0 Å². The van der Waals surface area contributed by atoms with E-state index in [1.807, 2.05) is 0 Å². The second kappa shape index (κ2) is 6.20. The maximum absolute atomic E-state index is 12.1. The Kier molecular flexibility index (Phi) is 4.36. The second-order valence-corrected chi connectivity index (χ2v) is 4.96. The number of Topliss-reactive ketones (excluding diaryl/α,β-unsaturated/α-hetero) is 1. The molecule has 2 amide bonds. The Hall–Kier alpha value is -2.35. The molecule has 104 valence electrons. The van der Waals surface area contributed by atoms with Crippen LogP contribution in [0.4, 0.5) is 10.5 Å². The van der Waals surface area contributed by atoms with Crippen LogP contribution >= 0.6 is 0 Å². The van der Waals surface area contributed by atoms with Crippen molar-refractivity contribution >= 4 is 17.5 Å². The molecule has 0 radical (unpaired) electrons. The average Bonchev–Trinajstić information content (AvgIpc) is 2.47. The van der Waals surface area contributed by atoms with Crippen LogP contribution in [0.1, 0.15) is 30.1 Å². The molecule has 0 spiro atoms. The zero-order chi connectivity index (χ0) is 14.5. The van der Waals surface area contributed by atoms with E-state index in [9.17, 15) is 9.59 Å². The summed E-state index contributed by atoms with van der Waals surface area (Å²) in [6.45, 7) is 2.68. The van der Waals surface area contributed by atoms with E-state index in [2.05, 4.69) is 11.4 Å². The summed E-state index contributed by atoms with van der Waals surface area (Å²) in [4.78, 5) is 25.1. The summed E-state index contributed by atoms with van der Waals surface area (Å²) in [5, 5.41) is 11.6. The topological polar surface area (TPSA) is 73.2 Å². The Morgan fingerprint density at radius 3 is 2.65 bits per heavy atom. The highest BCUT2D eigenvalue weighted by atomic mass is 16.2. The van der Waals surface area contributed by atoms with E-state index in [0.29, 0.717) is 24.3 Å². The van der Waals surface area contributed by atoms with Gasteiger partial charge in [0.15, 0.2) is 5.78 Å². The zero-order valence-corrected chi connectivity index (χ0v) is 11.4. The third-order valence-corrected chi connectivity index (χ3v) is 3.49. The van der Waals surface area contributed by atoms with E-state index in [1.54, 1.807) is 29.2 Å². The molecule has 1 aromatic carbocycles. The van der Waals surface area contributed by atoms with Crippen LogP contribution in [0.5, 0.6) is 0 Å². The first kappa shape index (κ1) is 14.1. The molecule has 1 saturated heterocycles. The summed E-state index contributed by atoms with van der Waals surface area (Å²) >= 11 is 0. The first-order valence-electron chi connectivity index (χ1n) is 6.66. The van der Waals surface area contributed by atoms with Crippen LogP contribution in [0.15, 0.2) is 24.3 Å². The van der Waals surface area contributed by atoms with Gasteiger partial charge in [-0.3, -0.25) is 4.79 Å². The number of carbonyl (C=O) groups excluding carboxylic acids is 2. The molecule has 1 heterocycles. The van der Waals surface area contributed by atoms with Crippen molar-refractivity contribution in [2.45, 2.75) is 19.8 Å². The Balaban J connectivity index is 1.97. The van der Waals surface area contributed by atoms with Gasteiger partial charge < -0.3 is 10.2 Å². The van der Waals surface area contributed by atoms with Crippen LogP contribution in [0, 0.1) is 17.2 Å². The van der Waals surface area contributed by atoms with Gasteiger partial charge in [-0.15, -0.1) is 0 Å². The molecule has 0 bridgehead atoms. The van der Waals surface area contributed by atoms with Crippen LogP contribution in [0.3, 0.4) is 0 Å². The van der Waals surface area contributed by atoms with Crippen molar-refractivity contribution in [2.24, 2.45) is 5.92 Å². The van der Waals surface area contributed by atoms with Gasteiger partial charge in [0.25, 0.3) is 0 Å². The second-order valence-electron chi connectivity index (χ2n) is 4.96. The van der Waals surface area contributed by atoms with Crippen molar-refractivity contribution in [3.05, 3.63) is 29.8 Å². The normalized spacial score (nSPS) is 15.5. The first-order chi connectivity index (χ1) is 9.60. The summed E-state index contributed by atoms with van der Waals surface area (Å²) < 4.78 is 0. The molecule has 0 saturated carbocycles. The van der Waals surface area contributed by atoms with Gasteiger partial charge >= 0.3 is 6.03 Å². The number of rotatable bonds is 2. The summed E-state index contributed by atoms with van der Waals surface area (Å²) in [5.74, 6) is 0.0241. The smallest absolute Gasteiger partial charge is 0.321 e. The van der Waals surface area contributed by atoms with Gasteiger partial charge in [0, 0.05) is 30.3 Å². The Morgan fingerprint density at radius 2 is 2.05 bits per heavy atom. The summed E-state index contributed by atoms with van der Waals surface area (Å²) in [6.07, 6.45) is 1.44. The molecule has 0 atom stereocenters. The quantitative estimate of drug-likeness (QED) is 0.840. The van der Waals surface area contributed by atoms with E-state index in [0.717, 1.165) is 12.8 Å². The van der Waals surface area contributed by atoms with Gasteiger partial charge in [-0.25, -0.2) is 4.79 Å². The molecule has 0 aromatic heterocycles. The third kappa shape index (κ3) is 3.35. The molecule has 1 aliphatic heterocycles. The monoisotopic (exact) mass is 271 g/mol. The number of anilines is 1. The van der Waals surface area contributed by atoms with Gasteiger partial charge in [0.1, 0.15) is 0 Å². The van der Waals surface area contributed by atoms with E-state index in [-0.39, 0.29) is 17.7 Å². The van der Waals surface area contributed by atoms with Crippen LogP contribution < -0.4 is 5.32 Å². The number of nitrogens with one attached hydrogen (secondary N) is 1. The van der Waals surface area contributed by atoms with Gasteiger partial charge in [-0.05, 0) is 31.9 Å². The number of carbonyl (C=O) groups is 2. The Bertz CT molecular complexity index is 554. The number of benzene rings is 1. The standard InChI is InChI=1S/C15H17N3O2/c1-11(19)13-3-2-4-14(9-13)17-15(20)18-7-5-12(10-16)6-8-18/h2-4,9,12H,5-8H2,1H3,(H,17,20). The highest BCUT2D eigenvalue weighted by Gasteiger charge is 2.22. The summed E-state index contributed by atoms with van der Waals surface area (Å²) in [5.41, 5.74) is 1.19. The number of likely N-dealkylation sites (tertiary alicyclic amines) is 1. The van der Waals surface area contributed by atoms with Gasteiger partial charge in [0.2, 0.25) is 0 Å². The lowest BCUT2D eigenvalue weighted by Crippen LogP contribution is -2.40. The van der Waals surface area contributed by atoms with Crippen molar-refractivity contribution in [1.82, 2.24) is 4.90 Å². The van der Waals surface area contributed by atoms with Gasteiger partial charge in [-0.1, -0.05) is 12.1 Å². The maximum atomic E-state index is 12.1. The molecule has 1 aliphatic rings. The molecule has 5 heteroatoms. The molecule has 5 nitrogen and oxygen atoms in total. The minimum Gasteiger partial charge on any atom is -0.324 e. The number of ketones is 1. The van der Waals surface area contributed by atoms with E-state index < -0.39 is 0 Å². The lowest BCUT2D eigenvalue weighted by Gasteiger charge is -2.29. The molecule has 2 rings (SSSR count). The van der Waals surface area contributed by atoms with Crippen molar-refractivity contribution in [2.75, 3.05) is 18.4 Å². The van der Waals surface area contributed by atoms with Crippen molar-refractivity contribution in [3.8, 4) is 6.07 Å². The summed E-state index contributed by atoms with van der Waals surface area (Å²) in [6, 6.07) is 8.95. The molecule has 0 aliphatic carbocycles. The molecular formula is C15H17N3O2. The minimum atomic E-state index is -0.179. The summed E-state index contributed by atoms with van der Waals surface area (Å²) in [7, 11) is 0. The SMILES string of the molecule is CC(=O)c1cccc(NC(=O)N2CCC(C#N)CC2)c1. The largest absolute Gasteiger partial charge is 0.324 e. The number of hydrogen-bond acceptors (Lipinski definition) is 3. The number of piperidine rings is 1. The van der Waals surface area contributed by atoms with Crippen molar-refractivity contribution in [1.29, 1.82) is 5.26 Å². The fourth-order valence-electron chi connectivity index (χ4n) is 2.23.